The molecule has 0 aliphatic heterocycles. The number of benzene rings is 1. The Morgan fingerprint density at radius 3 is 2.33 bits per heavy atom. The van der Waals surface area contributed by atoms with Gasteiger partial charge < -0.3 is 4.90 Å². The highest BCUT2D eigenvalue weighted by atomic mass is 79.9. The first kappa shape index (κ1) is 15.7. The number of hydrogen-bond acceptors (Lipinski definition) is 1. The lowest BCUT2D eigenvalue weighted by atomic mass is 9.82. The van der Waals surface area contributed by atoms with Gasteiger partial charge in [0.05, 0.1) is 0 Å². The quantitative estimate of drug-likeness (QED) is 0.724. The van der Waals surface area contributed by atoms with Gasteiger partial charge in [0.15, 0.2) is 0 Å². The molecule has 0 saturated heterocycles. The van der Waals surface area contributed by atoms with Gasteiger partial charge in [-0.05, 0) is 36.4 Å². The van der Waals surface area contributed by atoms with Crippen LogP contribution in [0.5, 0.6) is 0 Å². The van der Waals surface area contributed by atoms with E-state index in [1.54, 1.807) is 0 Å². The summed E-state index contributed by atoms with van der Waals surface area (Å²) in [7, 11) is 2.22. The van der Waals surface area contributed by atoms with Gasteiger partial charge in [-0.15, -0.1) is 0 Å². The van der Waals surface area contributed by atoms with Gasteiger partial charge in [-0.3, -0.25) is 0 Å². The first-order valence-electron chi connectivity index (χ1n) is 6.63. The first-order valence-corrected chi connectivity index (χ1v) is 7.75. The fraction of sp³-hybridized carbons (Fsp3) is 0.625. The Balaban J connectivity index is 2.61. The summed E-state index contributed by atoms with van der Waals surface area (Å²) in [5, 5.41) is 1.06. The van der Waals surface area contributed by atoms with Crippen LogP contribution in [0.4, 0.5) is 0 Å². The number of nitrogens with zero attached hydrogens (tertiary/aromatic N) is 1. The highest BCUT2D eigenvalue weighted by Crippen LogP contribution is 2.28. The molecule has 0 aliphatic rings. The third-order valence-electron chi connectivity index (χ3n) is 3.64. The van der Waals surface area contributed by atoms with Crippen LogP contribution >= 0.6 is 15.9 Å². The number of halogens is 1. The van der Waals surface area contributed by atoms with Crippen molar-refractivity contribution in [3.8, 4) is 0 Å². The lowest BCUT2D eigenvalue weighted by Gasteiger charge is -2.33. The van der Waals surface area contributed by atoms with Crippen molar-refractivity contribution < 1.29 is 0 Å². The molecule has 0 fully saturated rings. The second-order valence-electron chi connectivity index (χ2n) is 6.34. The van der Waals surface area contributed by atoms with Gasteiger partial charge in [-0.25, -0.2) is 0 Å². The average Bonchev–Trinajstić information content (AvgIpc) is 2.27. The smallest absolute Gasteiger partial charge is 0.0233 e. The molecule has 1 nitrogen and oxygen atoms in total. The second kappa shape index (κ2) is 6.72. The lowest BCUT2D eigenvalue weighted by Crippen LogP contribution is -2.34. The maximum absolute atomic E-state index is 3.65. The summed E-state index contributed by atoms with van der Waals surface area (Å²) in [5.74, 6) is 0.673. The van der Waals surface area contributed by atoms with E-state index in [4.69, 9.17) is 0 Å². The molecular formula is C16H26BrN. The van der Waals surface area contributed by atoms with E-state index in [0.29, 0.717) is 11.3 Å². The van der Waals surface area contributed by atoms with Gasteiger partial charge in [0.1, 0.15) is 0 Å². The number of alkyl halides is 1. The van der Waals surface area contributed by atoms with Crippen molar-refractivity contribution in [2.24, 2.45) is 11.3 Å². The zero-order chi connectivity index (χ0) is 13.8. The molecule has 2 heteroatoms. The summed E-state index contributed by atoms with van der Waals surface area (Å²) in [6.45, 7) is 11.3. The number of aryl methyl sites for hydroxylation is 1. The zero-order valence-corrected chi connectivity index (χ0v) is 13.9. The SMILES string of the molecule is Cc1ccccc1CN(C)CC(CBr)C(C)(C)C. The highest BCUT2D eigenvalue weighted by molar-refractivity contribution is 9.09. The highest BCUT2D eigenvalue weighted by Gasteiger charge is 2.24. The van der Waals surface area contributed by atoms with Crippen LogP contribution in [-0.4, -0.2) is 23.8 Å². The van der Waals surface area contributed by atoms with Gasteiger partial charge >= 0.3 is 0 Å². The average molecular weight is 312 g/mol. The third-order valence-corrected chi connectivity index (χ3v) is 4.43. The van der Waals surface area contributed by atoms with E-state index in [1.165, 1.54) is 11.1 Å². The fourth-order valence-corrected chi connectivity index (χ4v) is 3.25. The molecule has 0 spiro atoms. The summed E-state index contributed by atoms with van der Waals surface area (Å²) in [6.07, 6.45) is 0. The third kappa shape index (κ3) is 4.74. The van der Waals surface area contributed by atoms with Crippen molar-refractivity contribution >= 4 is 15.9 Å². The van der Waals surface area contributed by atoms with E-state index >= 15 is 0 Å². The Bertz CT molecular complexity index is 368. The van der Waals surface area contributed by atoms with Crippen LogP contribution in [0.3, 0.4) is 0 Å². The Kier molecular flexibility index (Phi) is 5.87. The molecule has 1 unspecified atom stereocenters. The summed E-state index contributed by atoms with van der Waals surface area (Å²) in [5.41, 5.74) is 3.17. The van der Waals surface area contributed by atoms with E-state index in [9.17, 15) is 0 Å². The molecule has 18 heavy (non-hydrogen) atoms. The Morgan fingerprint density at radius 2 is 1.83 bits per heavy atom. The lowest BCUT2D eigenvalue weighted by molar-refractivity contribution is 0.183. The minimum Gasteiger partial charge on any atom is -0.302 e. The van der Waals surface area contributed by atoms with Gasteiger partial charge in [-0.2, -0.15) is 0 Å². The van der Waals surface area contributed by atoms with Crippen LogP contribution < -0.4 is 0 Å². The Hall–Kier alpha value is -0.340. The van der Waals surface area contributed by atoms with Gasteiger partial charge in [0.25, 0.3) is 0 Å². The van der Waals surface area contributed by atoms with Crippen LogP contribution in [0.1, 0.15) is 31.9 Å². The fourth-order valence-electron chi connectivity index (χ4n) is 2.07. The zero-order valence-electron chi connectivity index (χ0n) is 12.3. The van der Waals surface area contributed by atoms with Crippen LogP contribution in [0.15, 0.2) is 24.3 Å². The molecule has 0 bridgehead atoms. The van der Waals surface area contributed by atoms with E-state index < -0.39 is 0 Å². The molecular weight excluding hydrogens is 286 g/mol. The predicted octanol–water partition coefficient (Wildman–Crippen LogP) is 4.48. The van der Waals surface area contributed by atoms with Crippen molar-refractivity contribution in [3.63, 3.8) is 0 Å². The second-order valence-corrected chi connectivity index (χ2v) is 6.99. The predicted molar refractivity (Wildman–Crippen MR) is 84.3 cm³/mol. The maximum Gasteiger partial charge on any atom is 0.0233 e. The van der Waals surface area contributed by atoms with Crippen LogP contribution in [0.2, 0.25) is 0 Å². The summed E-state index contributed by atoms with van der Waals surface area (Å²) in [6, 6.07) is 8.65. The van der Waals surface area contributed by atoms with Gasteiger partial charge in [0.2, 0.25) is 0 Å². The standard InChI is InChI=1S/C16H26BrN/c1-13-8-6-7-9-14(13)11-18(5)12-15(10-17)16(2,3)4/h6-9,15H,10-12H2,1-5H3. The largest absolute Gasteiger partial charge is 0.302 e. The van der Waals surface area contributed by atoms with Crippen LogP contribution in [-0.2, 0) is 6.54 Å². The molecule has 102 valence electrons. The molecule has 1 rings (SSSR count). The molecule has 1 aromatic rings. The maximum atomic E-state index is 3.65. The first-order chi connectivity index (χ1) is 8.34. The van der Waals surface area contributed by atoms with Crippen molar-refractivity contribution in [1.82, 2.24) is 4.90 Å². The molecule has 0 radical (unpaired) electrons. The molecule has 0 amide bonds. The Morgan fingerprint density at radius 1 is 1.22 bits per heavy atom. The minimum atomic E-state index is 0.351. The van der Waals surface area contributed by atoms with Gasteiger partial charge in [-0.1, -0.05) is 61.0 Å². The molecule has 1 aromatic carbocycles. The van der Waals surface area contributed by atoms with E-state index in [0.717, 1.165) is 18.4 Å². The van der Waals surface area contributed by atoms with E-state index in [2.05, 4.69) is 79.8 Å². The van der Waals surface area contributed by atoms with E-state index in [-0.39, 0.29) is 0 Å². The van der Waals surface area contributed by atoms with Crippen molar-refractivity contribution in [1.29, 1.82) is 0 Å². The normalized spacial score (nSPS) is 13.9. The van der Waals surface area contributed by atoms with Crippen molar-refractivity contribution in [2.75, 3.05) is 18.9 Å². The summed E-state index contributed by atoms with van der Waals surface area (Å²) in [4.78, 5) is 2.43. The molecule has 0 N–H and O–H groups in total. The molecule has 0 heterocycles. The number of hydrogen-bond donors (Lipinski definition) is 0. The number of rotatable bonds is 5. The van der Waals surface area contributed by atoms with Gasteiger partial charge in [0, 0.05) is 18.4 Å². The molecule has 0 saturated carbocycles. The van der Waals surface area contributed by atoms with Crippen molar-refractivity contribution in [3.05, 3.63) is 35.4 Å². The molecule has 0 aromatic heterocycles. The van der Waals surface area contributed by atoms with Crippen molar-refractivity contribution in [2.45, 2.75) is 34.2 Å². The topological polar surface area (TPSA) is 3.24 Å². The van der Waals surface area contributed by atoms with Crippen LogP contribution in [0.25, 0.3) is 0 Å². The monoisotopic (exact) mass is 311 g/mol. The molecule has 0 aliphatic carbocycles. The van der Waals surface area contributed by atoms with E-state index in [1.807, 2.05) is 0 Å². The summed E-state index contributed by atoms with van der Waals surface area (Å²) >= 11 is 3.65. The Labute approximate surface area is 121 Å². The van der Waals surface area contributed by atoms with Crippen LogP contribution in [0, 0.1) is 18.3 Å². The molecule has 1 atom stereocenters. The summed E-state index contributed by atoms with van der Waals surface area (Å²) < 4.78 is 0. The minimum absolute atomic E-state index is 0.351.